The van der Waals surface area contributed by atoms with Crippen molar-refractivity contribution in [2.75, 3.05) is 0 Å². The van der Waals surface area contributed by atoms with Crippen LogP contribution in [0.2, 0.25) is 0 Å². The van der Waals surface area contributed by atoms with Gasteiger partial charge in [0.1, 0.15) is 20.2 Å². The van der Waals surface area contributed by atoms with Gasteiger partial charge in [0.25, 0.3) is 0 Å². The summed E-state index contributed by atoms with van der Waals surface area (Å²) in [6.07, 6.45) is 2.88. The second-order valence-electron chi connectivity index (χ2n) is 4.52. The Morgan fingerprint density at radius 1 is 0.818 bits per heavy atom. The van der Waals surface area contributed by atoms with E-state index in [2.05, 4.69) is 0 Å². The quantitative estimate of drug-likeness (QED) is 0.360. The van der Waals surface area contributed by atoms with Gasteiger partial charge in [0, 0.05) is 24.0 Å². The zero-order valence-electron chi connectivity index (χ0n) is 11.9. The predicted octanol–water partition coefficient (Wildman–Crippen LogP) is -7.32. The summed E-state index contributed by atoms with van der Waals surface area (Å²) in [4.78, 5) is -5.82. The molecule has 0 bridgehead atoms. The van der Waals surface area contributed by atoms with Gasteiger partial charge in [-0.15, -0.1) is 0 Å². The van der Waals surface area contributed by atoms with Crippen molar-refractivity contribution in [3.8, 4) is 0 Å². The van der Waals surface area contributed by atoms with Gasteiger partial charge in [0.2, 0.25) is 0 Å². The van der Waals surface area contributed by atoms with E-state index in [0.717, 1.165) is 24.3 Å². The summed E-state index contributed by atoms with van der Waals surface area (Å²) >= 11 is 0. The van der Waals surface area contributed by atoms with Crippen LogP contribution < -0.4 is 59.1 Å². The zero-order valence-corrected chi connectivity index (χ0v) is 17.5. The maximum absolute atomic E-state index is 11.2. The molecule has 0 aromatic rings. The summed E-state index contributed by atoms with van der Waals surface area (Å²) < 4.78 is 67.2. The fourth-order valence-corrected chi connectivity index (χ4v) is 3.72. The van der Waals surface area contributed by atoms with Crippen molar-refractivity contribution in [2.45, 2.75) is 22.7 Å². The van der Waals surface area contributed by atoms with Crippen molar-refractivity contribution in [2.24, 2.45) is 0 Å². The van der Waals surface area contributed by atoms with E-state index >= 15 is 0 Å². The smallest absolute Gasteiger partial charge is 0.745 e. The van der Waals surface area contributed by atoms with E-state index < -0.39 is 54.1 Å². The second-order valence-corrected chi connectivity index (χ2v) is 7.68. The fraction of sp³-hybridized carbons (Fsp3) is 0.400. The molecule has 0 aliphatic heterocycles. The molecule has 0 aromatic heterocycles. The number of hydrogen-bond acceptors (Lipinski definition) is 8. The van der Waals surface area contributed by atoms with Gasteiger partial charge in [0.15, 0.2) is 9.87 Å². The van der Waals surface area contributed by atoms with Gasteiger partial charge < -0.3 is 19.3 Å². The molecular formula is C10H10Na2O8S2. The Labute approximate surface area is 172 Å². The standard InChI is InChI=1S/C10H12O8S2.2Na/c11-9(19(13,14)15)5-1-3-7-8(9)4-2-6-10(7,12)20(16,17)18;;/h1-4,11-12H,5-6H2,(H,13,14,15)(H,16,17,18);;/q;2*+1/p-2. The van der Waals surface area contributed by atoms with Gasteiger partial charge in [-0.1, -0.05) is 24.3 Å². The molecule has 0 heterocycles. The van der Waals surface area contributed by atoms with Crippen molar-refractivity contribution in [1.29, 1.82) is 0 Å². The van der Waals surface area contributed by atoms with Gasteiger partial charge in [-0.2, -0.15) is 0 Å². The molecule has 12 heteroatoms. The van der Waals surface area contributed by atoms with Crippen LogP contribution in [0.5, 0.6) is 0 Å². The summed E-state index contributed by atoms with van der Waals surface area (Å²) in [5.41, 5.74) is -1.19. The molecule has 0 radical (unpaired) electrons. The molecule has 0 aromatic carbocycles. The van der Waals surface area contributed by atoms with Gasteiger partial charge in [-0.25, -0.2) is 16.8 Å². The molecule has 2 atom stereocenters. The maximum Gasteiger partial charge on any atom is 1.00 e. The molecule has 112 valence electrons. The molecule has 2 aliphatic rings. The third-order valence-corrected chi connectivity index (χ3v) is 5.74. The molecule has 2 N–H and O–H groups in total. The number of rotatable bonds is 2. The summed E-state index contributed by atoms with van der Waals surface area (Å²) in [5, 5.41) is 20.1. The van der Waals surface area contributed by atoms with Crippen molar-refractivity contribution < 1.29 is 95.3 Å². The van der Waals surface area contributed by atoms with Crippen LogP contribution in [-0.2, 0) is 20.2 Å². The van der Waals surface area contributed by atoms with Crippen LogP contribution in [0.1, 0.15) is 12.8 Å². The van der Waals surface area contributed by atoms with Crippen LogP contribution in [0.25, 0.3) is 0 Å². The Bertz CT molecular complexity index is 688. The normalized spacial score (nSPS) is 31.1. The molecule has 8 nitrogen and oxygen atoms in total. The van der Waals surface area contributed by atoms with E-state index in [-0.39, 0.29) is 59.1 Å². The average molecular weight is 368 g/mol. The molecule has 0 saturated carbocycles. The SMILES string of the molecule is O=S(=O)([O-])C1(O)CC=CC2=C1C=CCC2(O)S(=O)(=O)[O-].[Na+].[Na+]. The fourth-order valence-electron chi connectivity index (χ4n) is 2.23. The van der Waals surface area contributed by atoms with Crippen molar-refractivity contribution >= 4 is 20.2 Å². The monoisotopic (exact) mass is 368 g/mol. The van der Waals surface area contributed by atoms with E-state index in [0.29, 0.717) is 0 Å². The third kappa shape index (κ3) is 3.48. The first kappa shape index (κ1) is 23.0. The topological polar surface area (TPSA) is 155 Å². The summed E-state index contributed by atoms with van der Waals surface area (Å²) in [7, 11) is -10.5. The van der Waals surface area contributed by atoms with E-state index in [1.54, 1.807) is 0 Å². The van der Waals surface area contributed by atoms with Gasteiger partial charge in [-0.05, 0) is 0 Å². The average Bonchev–Trinajstić information content (AvgIpc) is 2.28. The van der Waals surface area contributed by atoms with Gasteiger partial charge >= 0.3 is 59.1 Å². The Morgan fingerprint density at radius 2 is 1.09 bits per heavy atom. The molecule has 22 heavy (non-hydrogen) atoms. The minimum absolute atomic E-state index is 0. The van der Waals surface area contributed by atoms with Gasteiger partial charge in [-0.3, -0.25) is 0 Å². The van der Waals surface area contributed by atoms with Crippen molar-refractivity contribution in [3.05, 3.63) is 35.5 Å². The summed E-state index contributed by atoms with van der Waals surface area (Å²) in [5.74, 6) is 0. The van der Waals surface area contributed by atoms with Crippen LogP contribution >= 0.6 is 0 Å². The second kappa shape index (κ2) is 7.06. The first-order chi connectivity index (χ1) is 8.93. The maximum atomic E-state index is 11.2. The molecule has 0 fully saturated rings. The summed E-state index contributed by atoms with van der Waals surface area (Å²) in [6, 6.07) is 0. The van der Waals surface area contributed by atoms with E-state index in [4.69, 9.17) is 0 Å². The van der Waals surface area contributed by atoms with Crippen LogP contribution in [0, 0.1) is 0 Å². The molecule has 0 amide bonds. The van der Waals surface area contributed by atoms with Gasteiger partial charge in [0.05, 0.1) is 0 Å². The minimum atomic E-state index is -5.25. The van der Waals surface area contributed by atoms with E-state index in [9.17, 15) is 36.2 Å². The van der Waals surface area contributed by atoms with Crippen LogP contribution in [-0.4, -0.2) is 46.0 Å². The van der Waals surface area contributed by atoms with Crippen LogP contribution in [0.15, 0.2) is 35.5 Å². The third-order valence-electron chi connectivity index (χ3n) is 3.32. The molecule has 2 unspecified atom stereocenters. The molecule has 0 spiro atoms. The van der Waals surface area contributed by atoms with E-state index in [1.807, 2.05) is 0 Å². The van der Waals surface area contributed by atoms with Crippen LogP contribution in [0.3, 0.4) is 0 Å². The van der Waals surface area contributed by atoms with Crippen LogP contribution in [0.4, 0.5) is 0 Å². The first-order valence-electron chi connectivity index (χ1n) is 5.37. The molecule has 0 saturated heterocycles. The molecule has 2 rings (SSSR count). The van der Waals surface area contributed by atoms with Crippen molar-refractivity contribution in [3.63, 3.8) is 0 Å². The Morgan fingerprint density at radius 3 is 1.32 bits per heavy atom. The Hall–Kier alpha value is 0.960. The number of aliphatic hydroxyl groups is 2. The predicted molar refractivity (Wildman–Crippen MR) is 63.8 cm³/mol. The minimum Gasteiger partial charge on any atom is -0.745 e. The Kier molecular flexibility index (Phi) is 7.37. The number of hydrogen-bond donors (Lipinski definition) is 2. The van der Waals surface area contributed by atoms with E-state index in [1.165, 1.54) is 0 Å². The summed E-state index contributed by atoms with van der Waals surface area (Å²) in [6.45, 7) is 0. The van der Waals surface area contributed by atoms with Crippen molar-refractivity contribution in [1.82, 2.24) is 0 Å². The largest absolute Gasteiger partial charge is 1.00 e. The first-order valence-corrected chi connectivity index (χ1v) is 8.19. The molecular weight excluding hydrogens is 358 g/mol. The Balaban J connectivity index is 0.00000220. The molecule has 2 aliphatic carbocycles. The zero-order chi connectivity index (χ0) is 15.4.